The zero-order valence-electron chi connectivity index (χ0n) is 7.77. The van der Waals surface area contributed by atoms with Crippen LogP contribution in [0, 0.1) is 0 Å². The topological polar surface area (TPSA) is 120 Å². The van der Waals surface area contributed by atoms with Crippen LogP contribution >= 0.6 is 0 Å². The Balaban J connectivity index is 4.45. The van der Waals surface area contributed by atoms with E-state index in [4.69, 9.17) is 5.73 Å². The standard InChI is InChI=1S/C6H12N2O6/c1-12-6(11,5(10)14-13-2)8-4(9)3-7/h11H,3,7H2,1-2H3,(H,8,9). The lowest BCUT2D eigenvalue weighted by Gasteiger charge is -2.23. The molecule has 0 saturated heterocycles. The Morgan fingerprint density at radius 3 is 2.43 bits per heavy atom. The summed E-state index contributed by atoms with van der Waals surface area (Å²) < 4.78 is 4.34. The second-order valence-electron chi connectivity index (χ2n) is 2.14. The first kappa shape index (κ1) is 12.8. The number of aliphatic hydroxyl groups is 1. The Morgan fingerprint density at radius 1 is 1.50 bits per heavy atom. The molecule has 0 radical (unpaired) electrons. The van der Waals surface area contributed by atoms with E-state index in [2.05, 4.69) is 14.5 Å². The van der Waals surface area contributed by atoms with Gasteiger partial charge in [-0.2, -0.15) is 4.89 Å². The predicted octanol–water partition coefficient (Wildman–Crippen LogP) is -2.54. The normalized spacial score (nSPS) is 14.3. The summed E-state index contributed by atoms with van der Waals surface area (Å²) in [7, 11) is 2.05. The van der Waals surface area contributed by atoms with Gasteiger partial charge in [-0.3, -0.25) is 15.0 Å². The lowest BCUT2D eigenvalue weighted by Crippen LogP contribution is -2.57. The zero-order chi connectivity index (χ0) is 11.2. The molecule has 0 fully saturated rings. The Labute approximate surface area is 79.8 Å². The van der Waals surface area contributed by atoms with Crippen LogP contribution in [0.4, 0.5) is 0 Å². The number of methoxy groups -OCH3 is 1. The van der Waals surface area contributed by atoms with Crippen molar-refractivity contribution in [3.8, 4) is 0 Å². The van der Waals surface area contributed by atoms with Crippen LogP contribution in [0.5, 0.6) is 0 Å². The fraction of sp³-hybridized carbons (Fsp3) is 0.667. The summed E-state index contributed by atoms with van der Waals surface area (Å²) in [4.78, 5) is 29.7. The number of amides is 1. The van der Waals surface area contributed by atoms with Crippen LogP contribution in [0.25, 0.3) is 0 Å². The third kappa shape index (κ3) is 3.26. The summed E-state index contributed by atoms with van der Waals surface area (Å²) in [6.45, 7) is -0.411. The third-order valence-corrected chi connectivity index (χ3v) is 1.23. The van der Waals surface area contributed by atoms with E-state index in [0.29, 0.717) is 0 Å². The molecule has 0 heterocycles. The van der Waals surface area contributed by atoms with Gasteiger partial charge in [-0.05, 0) is 0 Å². The number of carbonyl (C=O) groups is 2. The summed E-state index contributed by atoms with van der Waals surface area (Å²) >= 11 is 0. The molecule has 0 aliphatic rings. The van der Waals surface area contributed by atoms with Gasteiger partial charge in [0.2, 0.25) is 5.91 Å². The Hall–Kier alpha value is -1.22. The van der Waals surface area contributed by atoms with Crippen LogP contribution in [0.15, 0.2) is 0 Å². The molecular weight excluding hydrogens is 196 g/mol. The van der Waals surface area contributed by atoms with Gasteiger partial charge >= 0.3 is 11.9 Å². The van der Waals surface area contributed by atoms with Crippen LogP contribution in [0.1, 0.15) is 0 Å². The maximum Gasteiger partial charge on any atom is 0.423 e. The second kappa shape index (κ2) is 5.50. The van der Waals surface area contributed by atoms with Gasteiger partial charge in [0.05, 0.1) is 13.7 Å². The fourth-order valence-corrected chi connectivity index (χ4v) is 0.558. The van der Waals surface area contributed by atoms with Crippen molar-refractivity contribution in [2.45, 2.75) is 5.91 Å². The molecule has 0 rings (SSSR count). The van der Waals surface area contributed by atoms with Crippen LogP contribution in [-0.4, -0.2) is 43.7 Å². The Morgan fingerprint density at radius 2 is 2.07 bits per heavy atom. The Kier molecular flexibility index (Phi) is 5.02. The fourth-order valence-electron chi connectivity index (χ4n) is 0.558. The molecule has 0 aliphatic carbocycles. The number of hydrogen-bond donors (Lipinski definition) is 3. The van der Waals surface area contributed by atoms with Crippen molar-refractivity contribution in [2.75, 3.05) is 20.8 Å². The molecule has 14 heavy (non-hydrogen) atoms. The first-order valence-electron chi connectivity index (χ1n) is 3.54. The zero-order valence-corrected chi connectivity index (χ0v) is 7.77. The highest BCUT2D eigenvalue weighted by Gasteiger charge is 2.40. The van der Waals surface area contributed by atoms with Gasteiger partial charge in [0.15, 0.2) is 0 Å². The molecule has 0 aromatic rings. The van der Waals surface area contributed by atoms with Crippen molar-refractivity contribution in [3.63, 3.8) is 0 Å². The van der Waals surface area contributed by atoms with Gasteiger partial charge in [-0.1, -0.05) is 0 Å². The largest absolute Gasteiger partial charge is 0.423 e. The van der Waals surface area contributed by atoms with Crippen molar-refractivity contribution in [1.82, 2.24) is 5.32 Å². The molecule has 0 aromatic carbocycles. The van der Waals surface area contributed by atoms with E-state index in [1.807, 2.05) is 0 Å². The number of hydrogen-bond acceptors (Lipinski definition) is 7. The van der Waals surface area contributed by atoms with E-state index in [1.54, 1.807) is 5.32 Å². The SMILES string of the molecule is COOC(=O)C(O)(NC(=O)CN)OC. The third-order valence-electron chi connectivity index (χ3n) is 1.23. The number of nitrogens with two attached hydrogens (primary N) is 1. The van der Waals surface area contributed by atoms with Crippen molar-refractivity contribution in [1.29, 1.82) is 0 Å². The number of carbonyl (C=O) groups excluding carboxylic acids is 2. The minimum absolute atomic E-state index is 0.411. The van der Waals surface area contributed by atoms with Gasteiger partial charge < -0.3 is 15.6 Å². The maximum absolute atomic E-state index is 11.0. The van der Waals surface area contributed by atoms with Crippen molar-refractivity contribution >= 4 is 11.9 Å². The lowest BCUT2D eigenvalue weighted by atomic mass is 10.4. The number of ether oxygens (including phenoxy) is 1. The highest BCUT2D eigenvalue weighted by molar-refractivity contribution is 5.85. The minimum Gasteiger partial charge on any atom is -0.340 e. The Bertz CT molecular complexity index is 220. The van der Waals surface area contributed by atoms with Crippen molar-refractivity contribution in [3.05, 3.63) is 0 Å². The molecule has 0 saturated carbocycles. The monoisotopic (exact) mass is 208 g/mol. The van der Waals surface area contributed by atoms with Crippen LogP contribution in [-0.2, 0) is 24.1 Å². The number of rotatable bonds is 5. The summed E-state index contributed by atoms with van der Waals surface area (Å²) in [6, 6.07) is 0. The summed E-state index contributed by atoms with van der Waals surface area (Å²) in [5.74, 6) is -4.70. The minimum atomic E-state index is -2.59. The van der Waals surface area contributed by atoms with E-state index in [-0.39, 0.29) is 0 Å². The molecule has 82 valence electrons. The summed E-state index contributed by atoms with van der Waals surface area (Å²) in [5.41, 5.74) is 4.95. The maximum atomic E-state index is 11.0. The van der Waals surface area contributed by atoms with Crippen LogP contribution < -0.4 is 11.1 Å². The van der Waals surface area contributed by atoms with Gasteiger partial charge in [0.1, 0.15) is 0 Å². The molecule has 8 nitrogen and oxygen atoms in total. The predicted molar refractivity (Wildman–Crippen MR) is 42.3 cm³/mol. The van der Waals surface area contributed by atoms with Gasteiger partial charge in [0, 0.05) is 7.11 Å². The molecule has 0 spiro atoms. The smallest absolute Gasteiger partial charge is 0.340 e. The molecule has 4 N–H and O–H groups in total. The first-order valence-corrected chi connectivity index (χ1v) is 3.54. The van der Waals surface area contributed by atoms with Crippen molar-refractivity contribution in [2.24, 2.45) is 5.73 Å². The van der Waals surface area contributed by atoms with Crippen LogP contribution in [0.2, 0.25) is 0 Å². The van der Waals surface area contributed by atoms with Crippen LogP contribution in [0.3, 0.4) is 0 Å². The van der Waals surface area contributed by atoms with Gasteiger partial charge in [-0.15, -0.1) is 0 Å². The highest BCUT2D eigenvalue weighted by Crippen LogP contribution is 2.03. The summed E-state index contributed by atoms with van der Waals surface area (Å²) in [5, 5.41) is 11.1. The van der Waals surface area contributed by atoms with E-state index >= 15 is 0 Å². The molecule has 1 atom stereocenters. The van der Waals surface area contributed by atoms with Gasteiger partial charge in [-0.25, -0.2) is 4.79 Å². The van der Waals surface area contributed by atoms with Gasteiger partial charge in [0.25, 0.3) is 0 Å². The molecule has 1 amide bonds. The average Bonchev–Trinajstić information content (AvgIpc) is 2.17. The molecule has 0 aromatic heterocycles. The quantitative estimate of drug-likeness (QED) is 0.258. The molecule has 8 heteroatoms. The molecular formula is C6H12N2O6. The number of nitrogens with one attached hydrogen (secondary N) is 1. The lowest BCUT2D eigenvalue weighted by molar-refractivity contribution is -0.299. The van der Waals surface area contributed by atoms with E-state index in [9.17, 15) is 14.7 Å². The van der Waals surface area contributed by atoms with Crippen molar-refractivity contribution < 1.29 is 29.2 Å². The highest BCUT2D eigenvalue weighted by atomic mass is 17.2. The first-order chi connectivity index (χ1) is 6.50. The second-order valence-corrected chi connectivity index (χ2v) is 2.14. The van der Waals surface area contributed by atoms with E-state index in [1.165, 1.54) is 0 Å². The molecule has 0 bridgehead atoms. The summed E-state index contributed by atoms with van der Waals surface area (Å²) in [6.07, 6.45) is 0. The van der Waals surface area contributed by atoms with E-state index in [0.717, 1.165) is 14.2 Å². The molecule has 0 aliphatic heterocycles. The molecule has 1 unspecified atom stereocenters. The van der Waals surface area contributed by atoms with E-state index < -0.39 is 24.3 Å². The average molecular weight is 208 g/mol.